The molecule has 1 atom stereocenters. The Morgan fingerprint density at radius 3 is 2.58 bits per heavy atom. The number of ether oxygens (including phenoxy) is 1. The molecule has 1 heterocycles. The third kappa shape index (κ3) is 2.70. The molecule has 0 aliphatic heterocycles. The smallest absolute Gasteiger partial charge is 0.207 e. The molecular weight excluding hydrogens is 360 g/mol. The Labute approximate surface area is 142 Å². The van der Waals surface area contributed by atoms with Gasteiger partial charge in [0.1, 0.15) is 10.6 Å². The van der Waals surface area contributed by atoms with Gasteiger partial charge in [-0.3, -0.25) is 4.79 Å². The third-order valence-corrected chi connectivity index (χ3v) is 5.14. The number of hydrogen-bond acceptors (Lipinski definition) is 3. The second-order valence-corrected chi connectivity index (χ2v) is 6.68. The summed E-state index contributed by atoms with van der Waals surface area (Å²) in [6, 6.07) is 5.89. The molecule has 0 amide bonds. The van der Waals surface area contributed by atoms with Gasteiger partial charge in [0.2, 0.25) is 5.43 Å². The number of aromatic amines is 1. The van der Waals surface area contributed by atoms with Crippen molar-refractivity contribution in [2.45, 2.75) is 9.79 Å². The van der Waals surface area contributed by atoms with Gasteiger partial charge in [-0.25, -0.2) is 13.0 Å². The molecule has 0 aliphatic carbocycles. The average Bonchev–Trinajstić information content (AvgIpc) is 2.57. The van der Waals surface area contributed by atoms with E-state index >= 15 is 0 Å². The Balaban J connectivity index is 2.22. The molecule has 0 aliphatic rings. The molecule has 124 valence electrons. The topological polar surface area (TPSA) is 59.2 Å². The molecule has 0 saturated heterocycles. The van der Waals surface area contributed by atoms with Crippen molar-refractivity contribution in [3.63, 3.8) is 0 Å². The van der Waals surface area contributed by atoms with Crippen LogP contribution in [0.4, 0.5) is 8.78 Å². The summed E-state index contributed by atoms with van der Waals surface area (Å²) in [5, 5.41) is 0.278. The maximum atomic E-state index is 13.3. The molecule has 4 nitrogen and oxygen atoms in total. The van der Waals surface area contributed by atoms with Gasteiger partial charge < -0.3 is 9.72 Å². The predicted octanol–water partition coefficient (Wildman–Crippen LogP) is 3.64. The number of H-pyrrole nitrogens is 1. The highest BCUT2D eigenvalue weighted by Gasteiger charge is 2.18. The third-order valence-electron chi connectivity index (χ3n) is 3.44. The molecule has 1 unspecified atom stereocenters. The van der Waals surface area contributed by atoms with Gasteiger partial charge in [-0.05, 0) is 30.3 Å². The van der Waals surface area contributed by atoms with Crippen LogP contribution in [0.15, 0.2) is 51.1 Å². The highest BCUT2D eigenvalue weighted by molar-refractivity contribution is 7.85. The molecule has 1 N–H and O–H groups in total. The van der Waals surface area contributed by atoms with Crippen molar-refractivity contribution in [1.82, 2.24) is 4.98 Å². The molecule has 0 bridgehead atoms. The van der Waals surface area contributed by atoms with Gasteiger partial charge in [0, 0.05) is 11.1 Å². The minimum absolute atomic E-state index is 0.0298. The van der Waals surface area contributed by atoms with Crippen molar-refractivity contribution in [1.29, 1.82) is 0 Å². The molecule has 2 aromatic carbocycles. The van der Waals surface area contributed by atoms with Crippen LogP contribution in [-0.2, 0) is 10.8 Å². The van der Waals surface area contributed by atoms with Gasteiger partial charge in [-0.1, -0.05) is 11.6 Å². The number of rotatable bonds is 3. The summed E-state index contributed by atoms with van der Waals surface area (Å²) in [5.41, 5.74) is -0.211. The van der Waals surface area contributed by atoms with Crippen molar-refractivity contribution in [2.75, 3.05) is 7.11 Å². The number of pyridine rings is 1. The van der Waals surface area contributed by atoms with Crippen LogP contribution in [0.1, 0.15) is 0 Å². The Bertz CT molecular complexity index is 1040. The van der Waals surface area contributed by atoms with Crippen LogP contribution in [0, 0.1) is 11.6 Å². The first kappa shape index (κ1) is 16.6. The minimum atomic E-state index is -2.00. The molecule has 0 spiro atoms. The lowest BCUT2D eigenvalue weighted by Gasteiger charge is -2.09. The van der Waals surface area contributed by atoms with Gasteiger partial charge in [0.25, 0.3) is 0 Å². The zero-order valence-corrected chi connectivity index (χ0v) is 13.8. The van der Waals surface area contributed by atoms with Gasteiger partial charge >= 0.3 is 0 Å². The van der Waals surface area contributed by atoms with Crippen molar-refractivity contribution in [3.8, 4) is 5.75 Å². The second kappa shape index (κ2) is 6.33. The van der Waals surface area contributed by atoms with Crippen LogP contribution in [-0.4, -0.2) is 16.3 Å². The molecule has 3 rings (SSSR count). The summed E-state index contributed by atoms with van der Waals surface area (Å²) in [5.74, 6) is -1.80. The van der Waals surface area contributed by atoms with E-state index in [0.29, 0.717) is 11.3 Å². The molecule has 0 fully saturated rings. The average molecular weight is 370 g/mol. The van der Waals surface area contributed by atoms with E-state index < -0.39 is 27.9 Å². The summed E-state index contributed by atoms with van der Waals surface area (Å²) in [4.78, 5) is 15.3. The molecular formula is C16H10ClF2NO3S. The van der Waals surface area contributed by atoms with Crippen LogP contribution in [0.5, 0.6) is 5.75 Å². The summed E-state index contributed by atoms with van der Waals surface area (Å²) >= 11 is 6.08. The van der Waals surface area contributed by atoms with Crippen LogP contribution in [0.2, 0.25) is 5.02 Å². The first-order valence-electron chi connectivity index (χ1n) is 6.68. The van der Waals surface area contributed by atoms with Crippen LogP contribution in [0.25, 0.3) is 10.9 Å². The van der Waals surface area contributed by atoms with Gasteiger partial charge in [-0.2, -0.15) is 0 Å². The van der Waals surface area contributed by atoms with E-state index in [1.807, 2.05) is 0 Å². The largest absolute Gasteiger partial charge is 0.495 e. The second-order valence-electron chi connectivity index (χ2n) is 4.83. The van der Waals surface area contributed by atoms with Crippen LogP contribution < -0.4 is 10.2 Å². The van der Waals surface area contributed by atoms with Gasteiger partial charge in [-0.15, -0.1) is 0 Å². The lowest BCUT2D eigenvalue weighted by Crippen LogP contribution is -2.13. The maximum Gasteiger partial charge on any atom is 0.207 e. The summed E-state index contributed by atoms with van der Waals surface area (Å²) in [6.07, 6.45) is 1.25. The van der Waals surface area contributed by atoms with E-state index in [1.54, 1.807) is 6.07 Å². The molecule has 0 saturated carbocycles. The lowest BCUT2D eigenvalue weighted by atomic mass is 10.2. The minimum Gasteiger partial charge on any atom is -0.495 e. The zero-order valence-electron chi connectivity index (χ0n) is 12.2. The van der Waals surface area contributed by atoms with Gasteiger partial charge in [0.15, 0.2) is 11.6 Å². The lowest BCUT2D eigenvalue weighted by molar-refractivity contribution is 0.419. The fourth-order valence-corrected chi connectivity index (χ4v) is 3.61. The predicted molar refractivity (Wildman–Crippen MR) is 87.2 cm³/mol. The highest BCUT2D eigenvalue weighted by atomic mass is 35.5. The standard InChI is InChI=1S/C16H10ClF2NO3S/c1-23-12-5-3-9(17)14-15(12)20-7-13(16(14)21)24(22)8-2-4-10(18)11(19)6-8/h2-7H,1H3,(H,20,21). The number of methoxy groups -OCH3 is 1. The van der Waals surface area contributed by atoms with E-state index in [-0.39, 0.29) is 20.2 Å². The van der Waals surface area contributed by atoms with E-state index in [9.17, 15) is 17.8 Å². The Kier molecular flexibility index (Phi) is 4.38. The fourth-order valence-electron chi connectivity index (χ4n) is 2.28. The van der Waals surface area contributed by atoms with E-state index in [2.05, 4.69) is 4.98 Å². The molecule has 3 aromatic rings. The fraction of sp³-hybridized carbons (Fsp3) is 0.0625. The van der Waals surface area contributed by atoms with Crippen molar-refractivity contribution in [2.24, 2.45) is 0 Å². The quantitative estimate of drug-likeness (QED) is 0.767. The van der Waals surface area contributed by atoms with E-state index in [4.69, 9.17) is 16.3 Å². The van der Waals surface area contributed by atoms with Crippen LogP contribution in [0.3, 0.4) is 0 Å². The van der Waals surface area contributed by atoms with Crippen molar-refractivity contribution in [3.05, 3.63) is 63.4 Å². The normalized spacial score (nSPS) is 12.3. The summed E-state index contributed by atoms with van der Waals surface area (Å²) < 4.78 is 44.1. The Morgan fingerprint density at radius 1 is 1.17 bits per heavy atom. The number of hydrogen-bond donors (Lipinski definition) is 1. The molecule has 8 heteroatoms. The zero-order chi connectivity index (χ0) is 17.4. The molecule has 24 heavy (non-hydrogen) atoms. The monoisotopic (exact) mass is 369 g/mol. The number of benzene rings is 2. The first-order chi connectivity index (χ1) is 11.4. The van der Waals surface area contributed by atoms with E-state index in [0.717, 1.165) is 18.2 Å². The number of aromatic nitrogens is 1. The Hall–Kier alpha value is -2.25. The Morgan fingerprint density at radius 2 is 1.92 bits per heavy atom. The van der Waals surface area contributed by atoms with E-state index in [1.165, 1.54) is 19.4 Å². The number of nitrogens with one attached hydrogen (secondary N) is 1. The highest BCUT2D eigenvalue weighted by Crippen LogP contribution is 2.28. The van der Waals surface area contributed by atoms with Crippen molar-refractivity contribution < 1.29 is 17.7 Å². The number of fused-ring (bicyclic) bond motifs is 1. The maximum absolute atomic E-state index is 13.3. The van der Waals surface area contributed by atoms with Gasteiger partial charge in [0.05, 0.1) is 33.8 Å². The number of halogens is 3. The SMILES string of the molecule is COc1ccc(Cl)c2c(=O)c(S(=O)c3ccc(F)c(F)c3)c[nH]c12. The molecule has 1 aromatic heterocycles. The first-order valence-corrected chi connectivity index (χ1v) is 8.21. The summed E-state index contributed by atoms with van der Waals surface area (Å²) in [6.45, 7) is 0. The van der Waals surface area contributed by atoms with Crippen molar-refractivity contribution >= 4 is 33.3 Å². The van der Waals surface area contributed by atoms with Crippen LogP contribution >= 0.6 is 11.6 Å². The summed E-state index contributed by atoms with van der Waals surface area (Å²) in [7, 11) is -0.561. The molecule has 0 radical (unpaired) electrons.